The maximum absolute atomic E-state index is 11.4. The lowest BCUT2D eigenvalue weighted by molar-refractivity contribution is -0.150. The third-order valence-corrected chi connectivity index (χ3v) is 3.22. The fourth-order valence-corrected chi connectivity index (χ4v) is 2.43. The van der Waals surface area contributed by atoms with Crippen molar-refractivity contribution in [2.45, 2.75) is 24.7 Å². The van der Waals surface area contributed by atoms with Crippen LogP contribution in [0.5, 0.6) is 0 Å². The summed E-state index contributed by atoms with van der Waals surface area (Å²) in [5.41, 5.74) is 0.374. The van der Waals surface area contributed by atoms with Crippen molar-refractivity contribution in [2.75, 3.05) is 0 Å². The normalized spacial score (nSPS) is 22.8. The largest absolute Gasteiger partial charge is 0.481 e. The van der Waals surface area contributed by atoms with Crippen molar-refractivity contribution in [2.24, 2.45) is 0 Å². The fraction of sp³-hybridized carbons (Fsp3) is 0.333. The van der Waals surface area contributed by atoms with Crippen LogP contribution in [0, 0.1) is 0 Å². The molecule has 1 aliphatic rings. The molecule has 0 bridgehead atoms. The van der Waals surface area contributed by atoms with E-state index in [1.807, 2.05) is 12.1 Å². The average molecular weight is 220 g/mol. The van der Waals surface area contributed by atoms with E-state index in [2.05, 4.69) is 0 Å². The molecule has 2 N–H and O–H groups in total. The molecular formula is C12H12O4. The maximum atomic E-state index is 11.4. The van der Waals surface area contributed by atoms with Crippen LogP contribution < -0.4 is 0 Å². The molecule has 1 atom stereocenters. The van der Waals surface area contributed by atoms with Crippen molar-refractivity contribution in [3.63, 3.8) is 0 Å². The highest BCUT2D eigenvalue weighted by atomic mass is 16.4. The van der Waals surface area contributed by atoms with E-state index in [1.165, 1.54) is 0 Å². The van der Waals surface area contributed by atoms with Crippen molar-refractivity contribution in [1.29, 1.82) is 0 Å². The Balaban J connectivity index is 2.51. The second-order valence-corrected chi connectivity index (χ2v) is 4.11. The van der Waals surface area contributed by atoms with Crippen LogP contribution in [0.4, 0.5) is 0 Å². The van der Waals surface area contributed by atoms with Gasteiger partial charge in [0.2, 0.25) is 0 Å². The zero-order valence-corrected chi connectivity index (χ0v) is 8.64. The van der Waals surface area contributed by atoms with E-state index in [0.717, 1.165) is 5.56 Å². The molecule has 0 heterocycles. The highest BCUT2D eigenvalue weighted by molar-refractivity contribution is 5.88. The molecular weight excluding hydrogens is 208 g/mol. The van der Waals surface area contributed by atoms with Gasteiger partial charge in [-0.3, -0.25) is 9.59 Å². The first kappa shape index (κ1) is 10.7. The molecule has 0 radical (unpaired) electrons. The fourth-order valence-electron chi connectivity index (χ4n) is 2.43. The predicted molar refractivity (Wildman–Crippen MR) is 56.3 cm³/mol. The minimum Gasteiger partial charge on any atom is -0.481 e. The molecule has 0 amide bonds. The number of carbonyl (C=O) groups is 2. The number of carboxylic acids is 2. The van der Waals surface area contributed by atoms with E-state index in [0.29, 0.717) is 18.4 Å². The summed E-state index contributed by atoms with van der Waals surface area (Å²) in [7, 11) is 0. The van der Waals surface area contributed by atoms with Crippen LogP contribution >= 0.6 is 0 Å². The molecule has 0 spiro atoms. The molecule has 0 saturated carbocycles. The van der Waals surface area contributed by atoms with Gasteiger partial charge in [-0.15, -0.1) is 0 Å². The Hall–Kier alpha value is -1.84. The highest BCUT2D eigenvalue weighted by Crippen LogP contribution is 2.41. The van der Waals surface area contributed by atoms with Gasteiger partial charge in [-0.25, -0.2) is 0 Å². The number of aryl methyl sites for hydroxylation is 1. The van der Waals surface area contributed by atoms with Crippen molar-refractivity contribution >= 4 is 11.9 Å². The molecule has 0 aliphatic heterocycles. The maximum Gasteiger partial charge on any atom is 0.314 e. The Morgan fingerprint density at radius 2 is 1.94 bits per heavy atom. The predicted octanol–water partition coefficient (Wildman–Crippen LogP) is 1.43. The van der Waals surface area contributed by atoms with E-state index in [-0.39, 0.29) is 6.42 Å². The summed E-state index contributed by atoms with van der Waals surface area (Å²) in [6, 6.07) is 7.18. The molecule has 2 rings (SSSR count). The summed E-state index contributed by atoms with van der Waals surface area (Å²) in [6.07, 6.45) is 0.656. The van der Waals surface area contributed by atoms with E-state index in [9.17, 15) is 14.7 Å². The lowest BCUT2D eigenvalue weighted by Crippen LogP contribution is -2.35. The molecule has 1 aromatic rings. The van der Waals surface area contributed by atoms with Gasteiger partial charge in [0.05, 0.1) is 6.42 Å². The molecule has 1 aliphatic carbocycles. The Kier molecular flexibility index (Phi) is 2.42. The van der Waals surface area contributed by atoms with Gasteiger partial charge in [-0.2, -0.15) is 0 Å². The van der Waals surface area contributed by atoms with Crippen LogP contribution in [0.15, 0.2) is 24.3 Å². The monoisotopic (exact) mass is 220 g/mol. The second-order valence-electron chi connectivity index (χ2n) is 4.11. The standard InChI is InChI=1S/C12H12O4/c13-10(14)7-12(11(15)16)6-5-8-3-1-2-4-9(8)12/h1-4H,5-7H2,(H,13,14)(H,15,16)/t12-/m0/s1. The molecule has 0 saturated heterocycles. The molecule has 4 nitrogen and oxygen atoms in total. The minimum absolute atomic E-state index is 0.348. The SMILES string of the molecule is O=C(O)C[C@@]1(C(=O)O)CCc2ccccc21. The highest BCUT2D eigenvalue weighted by Gasteiger charge is 2.46. The van der Waals surface area contributed by atoms with Crippen LogP contribution in [0.1, 0.15) is 24.0 Å². The van der Waals surface area contributed by atoms with Crippen molar-refractivity contribution < 1.29 is 19.8 Å². The molecule has 0 aromatic heterocycles. The first-order valence-corrected chi connectivity index (χ1v) is 5.10. The summed E-state index contributed by atoms with van der Waals surface area (Å²) < 4.78 is 0. The number of benzene rings is 1. The minimum atomic E-state index is -1.23. The summed E-state index contributed by atoms with van der Waals surface area (Å²) in [5, 5.41) is 18.1. The summed E-state index contributed by atoms with van der Waals surface area (Å²) in [5.74, 6) is -2.11. The van der Waals surface area contributed by atoms with Crippen molar-refractivity contribution in [3.8, 4) is 0 Å². The number of hydrogen-bond acceptors (Lipinski definition) is 2. The van der Waals surface area contributed by atoms with Gasteiger partial charge >= 0.3 is 11.9 Å². The molecule has 0 fully saturated rings. The number of aliphatic carboxylic acids is 2. The molecule has 0 unspecified atom stereocenters. The lowest BCUT2D eigenvalue weighted by Gasteiger charge is -2.23. The van der Waals surface area contributed by atoms with Gasteiger partial charge in [-0.1, -0.05) is 24.3 Å². The van der Waals surface area contributed by atoms with E-state index in [4.69, 9.17) is 5.11 Å². The van der Waals surface area contributed by atoms with Gasteiger partial charge in [0.15, 0.2) is 0 Å². The summed E-state index contributed by atoms with van der Waals surface area (Å²) in [4.78, 5) is 22.2. The van der Waals surface area contributed by atoms with Gasteiger partial charge in [-0.05, 0) is 24.0 Å². The summed E-state index contributed by atoms with van der Waals surface area (Å²) in [6.45, 7) is 0. The van der Waals surface area contributed by atoms with Crippen molar-refractivity contribution in [3.05, 3.63) is 35.4 Å². The quantitative estimate of drug-likeness (QED) is 0.808. The zero-order valence-electron chi connectivity index (χ0n) is 8.64. The van der Waals surface area contributed by atoms with E-state index < -0.39 is 17.4 Å². The molecule has 4 heteroatoms. The third kappa shape index (κ3) is 1.46. The van der Waals surface area contributed by atoms with Gasteiger partial charge in [0.25, 0.3) is 0 Å². The second kappa shape index (κ2) is 3.63. The average Bonchev–Trinajstić information content (AvgIpc) is 2.58. The zero-order chi connectivity index (χ0) is 11.8. The van der Waals surface area contributed by atoms with E-state index >= 15 is 0 Å². The smallest absolute Gasteiger partial charge is 0.314 e. The Bertz CT molecular complexity index is 452. The Morgan fingerprint density at radius 1 is 1.25 bits per heavy atom. The molecule has 16 heavy (non-hydrogen) atoms. The number of hydrogen-bond donors (Lipinski definition) is 2. The van der Waals surface area contributed by atoms with Crippen LogP contribution in [-0.2, 0) is 21.4 Å². The number of fused-ring (bicyclic) bond motifs is 1. The third-order valence-electron chi connectivity index (χ3n) is 3.22. The molecule has 84 valence electrons. The summed E-state index contributed by atoms with van der Waals surface area (Å²) >= 11 is 0. The number of carboxylic acid groups (broad SMARTS) is 2. The first-order chi connectivity index (χ1) is 7.56. The van der Waals surface area contributed by atoms with Crippen molar-refractivity contribution in [1.82, 2.24) is 0 Å². The molecule has 1 aromatic carbocycles. The van der Waals surface area contributed by atoms with Crippen LogP contribution in [0.2, 0.25) is 0 Å². The van der Waals surface area contributed by atoms with E-state index in [1.54, 1.807) is 12.1 Å². The van der Waals surface area contributed by atoms with Gasteiger partial charge in [0.1, 0.15) is 5.41 Å². The van der Waals surface area contributed by atoms with Crippen LogP contribution in [0.3, 0.4) is 0 Å². The Morgan fingerprint density at radius 3 is 2.56 bits per heavy atom. The number of rotatable bonds is 3. The Labute approximate surface area is 92.5 Å². The van der Waals surface area contributed by atoms with Crippen LogP contribution in [0.25, 0.3) is 0 Å². The van der Waals surface area contributed by atoms with Crippen LogP contribution in [-0.4, -0.2) is 22.2 Å². The lowest BCUT2D eigenvalue weighted by atomic mass is 9.79. The topological polar surface area (TPSA) is 74.6 Å². The first-order valence-electron chi connectivity index (χ1n) is 5.10. The van der Waals surface area contributed by atoms with Gasteiger partial charge in [0, 0.05) is 0 Å². The van der Waals surface area contributed by atoms with Gasteiger partial charge < -0.3 is 10.2 Å².